The SMILES string of the molecule is Cc1cc(Oc2ccc(I)c(F)c2)c(C)cc1N=CNN1CC(C)OC(C)C1. The molecule has 1 heterocycles. The predicted octanol–water partition coefficient (Wildman–Crippen LogP) is 5.11. The fourth-order valence-electron chi connectivity index (χ4n) is 3.15. The lowest BCUT2D eigenvalue weighted by Crippen LogP contribution is -2.51. The quantitative estimate of drug-likeness (QED) is 0.354. The maximum Gasteiger partial charge on any atom is 0.140 e. The van der Waals surface area contributed by atoms with E-state index in [1.807, 2.05) is 48.6 Å². The lowest BCUT2D eigenvalue weighted by molar-refractivity contribution is -0.0760. The highest BCUT2D eigenvalue weighted by Crippen LogP contribution is 2.32. The number of aliphatic imine (C=N–C) groups is 1. The van der Waals surface area contributed by atoms with E-state index in [9.17, 15) is 4.39 Å². The number of benzene rings is 2. The smallest absolute Gasteiger partial charge is 0.140 e. The van der Waals surface area contributed by atoms with Crippen molar-refractivity contribution in [3.63, 3.8) is 0 Å². The first-order valence-electron chi connectivity index (χ1n) is 9.25. The maximum atomic E-state index is 13.7. The lowest BCUT2D eigenvalue weighted by atomic mass is 10.1. The fraction of sp³-hybridized carbons (Fsp3) is 0.381. The summed E-state index contributed by atoms with van der Waals surface area (Å²) in [6.45, 7) is 9.68. The molecule has 0 saturated carbocycles. The van der Waals surface area contributed by atoms with Crippen LogP contribution in [-0.2, 0) is 4.74 Å². The van der Waals surface area contributed by atoms with Crippen molar-refractivity contribution >= 4 is 34.6 Å². The summed E-state index contributed by atoms with van der Waals surface area (Å²) in [6, 6.07) is 8.76. The molecular weight excluding hydrogens is 472 g/mol. The van der Waals surface area contributed by atoms with Crippen LogP contribution in [-0.4, -0.2) is 36.6 Å². The van der Waals surface area contributed by atoms with Crippen LogP contribution < -0.4 is 10.2 Å². The first kappa shape index (κ1) is 21.0. The third-order valence-corrected chi connectivity index (χ3v) is 5.35. The third kappa shape index (κ3) is 5.42. The molecule has 1 saturated heterocycles. The first-order chi connectivity index (χ1) is 13.3. The number of morpholine rings is 1. The van der Waals surface area contributed by atoms with Crippen LogP contribution in [0.2, 0.25) is 0 Å². The van der Waals surface area contributed by atoms with Crippen LogP contribution >= 0.6 is 22.6 Å². The average Bonchev–Trinajstić information content (AvgIpc) is 2.61. The molecule has 0 aliphatic carbocycles. The van der Waals surface area contributed by atoms with Crippen molar-refractivity contribution in [2.45, 2.75) is 39.9 Å². The van der Waals surface area contributed by atoms with Crippen molar-refractivity contribution in [1.29, 1.82) is 0 Å². The second-order valence-electron chi connectivity index (χ2n) is 7.13. The van der Waals surface area contributed by atoms with Crippen LogP contribution in [0.3, 0.4) is 0 Å². The van der Waals surface area contributed by atoms with Crippen LogP contribution in [0, 0.1) is 23.2 Å². The van der Waals surface area contributed by atoms with Gasteiger partial charge >= 0.3 is 0 Å². The third-order valence-electron chi connectivity index (χ3n) is 4.48. The van der Waals surface area contributed by atoms with Gasteiger partial charge in [0.2, 0.25) is 0 Å². The molecule has 0 bridgehead atoms. The molecule has 150 valence electrons. The van der Waals surface area contributed by atoms with E-state index in [1.165, 1.54) is 6.07 Å². The zero-order valence-electron chi connectivity index (χ0n) is 16.5. The minimum atomic E-state index is -0.286. The van der Waals surface area contributed by atoms with E-state index < -0.39 is 0 Å². The van der Waals surface area contributed by atoms with Crippen LogP contribution in [0.5, 0.6) is 11.5 Å². The van der Waals surface area contributed by atoms with E-state index in [4.69, 9.17) is 9.47 Å². The van der Waals surface area contributed by atoms with Gasteiger partial charge in [0.15, 0.2) is 0 Å². The Labute approximate surface area is 179 Å². The van der Waals surface area contributed by atoms with Gasteiger partial charge < -0.3 is 14.9 Å². The summed E-state index contributed by atoms with van der Waals surface area (Å²) in [7, 11) is 0. The number of hydrogen-bond donors (Lipinski definition) is 1. The van der Waals surface area contributed by atoms with Crippen molar-refractivity contribution in [2.24, 2.45) is 4.99 Å². The number of ether oxygens (including phenoxy) is 2. The second kappa shape index (κ2) is 9.19. The van der Waals surface area contributed by atoms with Crippen molar-refractivity contribution in [3.8, 4) is 11.5 Å². The Kier molecular flexibility index (Phi) is 6.90. The van der Waals surface area contributed by atoms with Crippen molar-refractivity contribution < 1.29 is 13.9 Å². The van der Waals surface area contributed by atoms with E-state index in [0.717, 1.165) is 29.9 Å². The van der Waals surface area contributed by atoms with E-state index in [-0.39, 0.29) is 18.0 Å². The molecule has 2 atom stereocenters. The van der Waals surface area contributed by atoms with E-state index in [1.54, 1.807) is 18.5 Å². The summed E-state index contributed by atoms with van der Waals surface area (Å²) >= 11 is 1.96. The molecule has 0 radical (unpaired) electrons. The topological polar surface area (TPSA) is 46.1 Å². The molecule has 5 nitrogen and oxygen atoms in total. The Bertz CT molecular complexity index is 865. The maximum absolute atomic E-state index is 13.7. The first-order valence-corrected chi connectivity index (χ1v) is 10.3. The number of halogens is 2. The number of rotatable bonds is 5. The molecule has 2 aromatic carbocycles. The Morgan fingerprint density at radius 3 is 2.57 bits per heavy atom. The van der Waals surface area contributed by atoms with Crippen LogP contribution in [0.15, 0.2) is 35.3 Å². The molecule has 1 N–H and O–H groups in total. The monoisotopic (exact) mass is 497 g/mol. The molecular formula is C21H25FIN3O2. The van der Waals surface area contributed by atoms with E-state index in [2.05, 4.69) is 29.3 Å². The minimum absolute atomic E-state index is 0.191. The van der Waals surface area contributed by atoms with Crippen LogP contribution in [0.25, 0.3) is 0 Å². The zero-order valence-corrected chi connectivity index (χ0v) is 18.7. The predicted molar refractivity (Wildman–Crippen MR) is 118 cm³/mol. The standard InChI is InChI=1S/C21H25FIN3O2/c1-13-8-21(28-17-5-6-19(23)18(22)9-17)14(2)7-20(13)24-12-25-26-10-15(3)27-16(4)11-26/h5-9,12,15-16H,10-11H2,1-4H3,(H,24,25). The summed E-state index contributed by atoms with van der Waals surface area (Å²) in [6.07, 6.45) is 2.09. The largest absolute Gasteiger partial charge is 0.457 e. The van der Waals surface area contributed by atoms with Gasteiger partial charge in [-0.25, -0.2) is 14.4 Å². The second-order valence-corrected chi connectivity index (χ2v) is 8.29. The van der Waals surface area contributed by atoms with Gasteiger partial charge in [-0.05, 0) is 85.7 Å². The van der Waals surface area contributed by atoms with E-state index >= 15 is 0 Å². The Morgan fingerprint density at radius 2 is 1.89 bits per heavy atom. The van der Waals surface area contributed by atoms with Gasteiger partial charge in [-0.2, -0.15) is 0 Å². The number of hydrazine groups is 1. The Morgan fingerprint density at radius 1 is 1.18 bits per heavy atom. The molecule has 2 unspecified atom stereocenters. The molecule has 28 heavy (non-hydrogen) atoms. The highest BCUT2D eigenvalue weighted by atomic mass is 127. The summed E-state index contributed by atoms with van der Waals surface area (Å²) < 4.78 is 25.9. The summed E-state index contributed by atoms with van der Waals surface area (Å²) in [5.41, 5.74) is 6.01. The summed E-state index contributed by atoms with van der Waals surface area (Å²) in [5, 5.41) is 2.10. The molecule has 1 aliphatic rings. The van der Waals surface area contributed by atoms with Gasteiger partial charge in [0, 0.05) is 22.7 Å². The fourth-order valence-corrected chi connectivity index (χ4v) is 3.49. The van der Waals surface area contributed by atoms with Crippen molar-refractivity contribution in [3.05, 3.63) is 50.8 Å². The molecule has 2 aromatic rings. The molecule has 0 aromatic heterocycles. The Balaban J connectivity index is 1.68. The Hall–Kier alpha value is -1.71. The van der Waals surface area contributed by atoms with Crippen LogP contribution in [0.1, 0.15) is 25.0 Å². The molecule has 3 rings (SSSR count). The van der Waals surface area contributed by atoms with Gasteiger partial charge in [0.1, 0.15) is 23.7 Å². The number of hydrogen-bond acceptors (Lipinski definition) is 4. The molecule has 0 spiro atoms. The molecule has 1 aliphatic heterocycles. The van der Waals surface area contributed by atoms with Gasteiger partial charge in [-0.1, -0.05) is 0 Å². The van der Waals surface area contributed by atoms with Gasteiger partial charge in [-0.3, -0.25) is 0 Å². The minimum Gasteiger partial charge on any atom is -0.457 e. The van der Waals surface area contributed by atoms with Gasteiger partial charge in [0.25, 0.3) is 0 Å². The van der Waals surface area contributed by atoms with Crippen LogP contribution in [0.4, 0.5) is 10.1 Å². The van der Waals surface area contributed by atoms with Gasteiger partial charge in [0.05, 0.1) is 17.9 Å². The summed E-state index contributed by atoms with van der Waals surface area (Å²) in [4.78, 5) is 4.55. The normalized spacial score (nSPS) is 20.5. The van der Waals surface area contributed by atoms with E-state index in [0.29, 0.717) is 15.1 Å². The highest BCUT2D eigenvalue weighted by Gasteiger charge is 2.21. The highest BCUT2D eigenvalue weighted by molar-refractivity contribution is 14.1. The number of nitrogens with one attached hydrogen (secondary N) is 1. The van der Waals surface area contributed by atoms with Gasteiger partial charge in [-0.15, -0.1) is 0 Å². The molecule has 0 amide bonds. The zero-order chi connectivity index (χ0) is 20.3. The summed E-state index contributed by atoms with van der Waals surface area (Å²) in [5.74, 6) is 0.890. The molecule has 7 heteroatoms. The molecule has 1 fully saturated rings. The average molecular weight is 497 g/mol. The van der Waals surface area contributed by atoms with Crippen molar-refractivity contribution in [2.75, 3.05) is 13.1 Å². The van der Waals surface area contributed by atoms with Crippen molar-refractivity contribution in [1.82, 2.24) is 10.4 Å². The number of aryl methyl sites for hydroxylation is 2. The number of nitrogens with zero attached hydrogens (tertiary/aromatic N) is 2. The lowest BCUT2D eigenvalue weighted by Gasteiger charge is -2.34.